The molecule has 1 unspecified atom stereocenters. The van der Waals surface area contributed by atoms with Crippen molar-refractivity contribution in [2.75, 3.05) is 0 Å². The molecule has 0 fully saturated rings. The average Bonchev–Trinajstić information content (AvgIpc) is 2.40. The highest BCUT2D eigenvalue weighted by Crippen LogP contribution is 2.38. The van der Waals surface area contributed by atoms with Crippen LogP contribution in [0.3, 0.4) is 0 Å². The average molecular weight is 367 g/mol. The van der Waals surface area contributed by atoms with Gasteiger partial charge in [-0.2, -0.15) is 13.2 Å². The second kappa shape index (κ2) is 5.71. The summed E-state index contributed by atoms with van der Waals surface area (Å²) in [6.45, 7) is 0. The van der Waals surface area contributed by atoms with Crippen molar-refractivity contribution in [3.8, 4) is 0 Å². The van der Waals surface area contributed by atoms with Crippen LogP contribution in [0.15, 0.2) is 41.1 Å². The van der Waals surface area contributed by atoms with E-state index in [4.69, 9.17) is 11.6 Å². The fraction of sp³-hybridized carbons (Fsp3) is 0.154. The van der Waals surface area contributed by atoms with Gasteiger partial charge in [-0.3, -0.25) is 4.98 Å². The number of alkyl halides is 3. The molecule has 1 aromatic carbocycles. The van der Waals surface area contributed by atoms with E-state index in [0.717, 1.165) is 18.5 Å². The van der Waals surface area contributed by atoms with Crippen molar-refractivity contribution in [1.82, 2.24) is 4.98 Å². The highest BCUT2D eigenvalue weighted by Gasteiger charge is 2.35. The monoisotopic (exact) mass is 365 g/mol. The minimum absolute atomic E-state index is 0.164. The maximum absolute atomic E-state index is 12.9. The number of benzene rings is 1. The predicted octanol–water partition coefficient (Wildman–Crippen LogP) is 4.60. The van der Waals surface area contributed by atoms with Crippen LogP contribution in [-0.2, 0) is 6.18 Å². The minimum Gasteiger partial charge on any atom is -0.384 e. The number of aliphatic hydroxyl groups excluding tert-OH is 1. The van der Waals surface area contributed by atoms with Gasteiger partial charge in [0.25, 0.3) is 0 Å². The normalized spacial score (nSPS) is 13.3. The molecule has 2 aromatic rings. The molecule has 2 rings (SSSR count). The maximum atomic E-state index is 12.9. The van der Waals surface area contributed by atoms with Gasteiger partial charge in [0.15, 0.2) is 0 Å². The summed E-state index contributed by atoms with van der Waals surface area (Å²) in [6, 6.07) is 5.50. The molecule has 0 bridgehead atoms. The van der Waals surface area contributed by atoms with Gasteiger partial charge in [0.05, 0.1) is 10.6 Å². The Morgan fingerprint density at radius 2 is 1.90 bits per heavy atom. The van der Waals surface area contributed by atoms with Crippen LogP contribution in [0.2, 0.25) is 5.02 Å². The number of aliphatic hydroxyl groups is 1. The second-order valence-corrected chi connectivity index (χ2v) is 5.24. The van der Waals surface area contributed by atoms with Gasteiger partial charge in [0.2, 0.25) is 0 Å². The third kappa shape index (κ3) is 2.97. The largest absolute Gasteiger partial charge is 0.416 e. The van der Waals surface area contributed by atoms with Crippen molar-refractivity contribution in [2.24, 2.45) is 0 Å². The summed E-state index contributed by atoms with van der Waals surface area (Å²) in [7, 11) is 0. The van der Waals surface area contributed by atoms with Crippen molar-refractivity contribution in [1.29, 1.82) is 0 Å². The fourth-order valence-corrected chi connectivity index (χ4v) is 2.39. The van der Waals surface area contributed by atoms with Crippen LogP contribution in [0.25, 0.3) is 0 Å². The van der Waals surface area contributed by atoms with Crippen LogP contribution in [0.1, 0.15) is 22.8 Å². The first kappa shape index (κ1) is 15.3. The lowest BCUT2D eigenvalue weighted by Crippen LogP contribution is -2.13. The molecule has 0 aliphatic heterocycles. The third-order valence-corrected chi connectivity index (χ3v) is 4.04. The topological polar surface area (TPSA) is 33.1 Å². The number of pyridine rings is 1. The van der Waals surface area contributed by atoms with Crippen LogP contribution in [0, 0.1) is 0 Å². The van der Waals surface area contributed by atoms with Gasteiger partial charge in [-0.1, -0.05) is 23.7 Å². The number of nitrogens with zero attached hydrogens (tertiary/aromatic N) is 1. The predicted molar refractivity (Wildman–Crippen MR) is 72.5 cm³/mol. The molecule has 0 saturated heterocycles. The smallest absolute Gasteiger partial charge is 0.384 e. The van der Waals surface area contributed by atoms with Gasteiger partial charge >= 0.3 is 6.18 Å². The molecule has 0 radical (unpaired) electrons. The molecule has 106 valence electrons. The Labute approximate surface area is 126 Å². The second-order valence-electron chi connectivity index (χ2n) is 4.01. The molecule has 0 spiro atoms. The Bertz CT molecular complexity index is 633. The van der Waals surface area contributed by atoms with E-state index in [-0.39, 0.29) is 16.1 Å². The SMILES string of the molecule is OC(c1cnccc1C(F)(F)F)c1cccc(Br)c1Cl. The molecular formula is C13H8BrClF3NO. The van der Waals surface area contributed by atoms with Crippen molar-refractivity contribution in [3.05, 3.63) is 62.8 Å². The zero-order chi connectivity index (χ0) is 14.9. The summed E-state index contributed by atoms with van der Waals surface area (Å²) in [5, 5.41) is 10.4. The zero-order valence-electron chi connectivity index (χ0n) is 9.83. The minimum atomic E-state index is -4.57. The number of hydrogen-bond donors (Lipinski definition) is 1. The standard InChI is InChI=1S/C13H8BrClF3NO/c14-10-3-1-2-7(11(10)15)12(20)8-6-19-5-4-9(8)13(16,17)18/h1-6,12,20H. The molecule has 0 aliphatic rings. The number of aromatic nitrogens is 1. The Balaban J connectivity index is 2.55. The molecule has 7 heteroatoms. The Hall–Kier alpha value is -1.11. The van der Waals surface area contributed by atoms with Gasteiger partial charge in [0.1, 0.15) is 6.10 Å². The van der Waals surface area contributed by atoms with Crippen molar-refractivity contribution in [2.45, 2.75) is 12.3 Å². The van der Waals surface area contributed by atoms with E-state index < -0.39 is 17.8 Å². The molecule has 1 heterocycles. The summed E-state index contributed by atoms with van der Waals surface area (Å²) in [5.41, 5.74) is -1.09. The van der Waals surface area contributed by atoms with Crippen molar-refractivity contribution < 1.29 is 18.3 Å². The van der Waals surface area contributed by atoms with E-state index in [1.54, 1.807) is 12.1 Å². The Morgan fingerprint density at radius 3 is 2.55 bits per heavy atom. The van der Waals surface area contributed by atoms with E-state index in [2.05, 4.69) is 20.9 Å². The highest BCUT2D eigenvalue weighted by molar-refractivity contribution is 9.10. The van der Waals surface area contributed by atoms with Crippen molar-refractivity contribution in [3.63, 3.8) is 0 Å². The summed E-state index contributed by atoms with van der Waals surface area (Å²) < 4.78 is 39.3. The zero-order valence-corrected chi connectivity index (χ0v) is 12.2. The van der Waals surface area contributed by atoms with E-state index in [0.29, 0.717) is 4.47 Å². The van der Waals surface area contributed by atoms with Crippen LogP contribution in [0.4, 0.5) is 13.2 Å². The molecule has 0 aliphatic carbocycles. The van der Waals surface area contributed by atoms with Crippen LogP contribution < -0.4 is 0 Å². The number of halogens is 5. The fourth-order valence-electron chi connectivity index (χ4n) is 1.78. The summed E-state index contributed by atoms with van der Waals surface area (Å²) in [5.74, 6) is 0. The molecule has 1 atom stereocenters. The molecule has 1 aromatic heterocycles. The van der Waals surface area contributed by atoms with E-state index in [1.165, 1.54) is 6.07 Å². The van der Waals surface area contributed by atoms with Crippen molar-refractivity contribution >= 4 is 27.5 Å². The lowest BCUT2D eigenvalue weighted by atomic mass is 9.98. The molecule has 2 nitrogen and oxygen atoms in total. The van der Waals surface area contributed by atoms with Gasteiger partial charge in [0, 0.05) is 28.0 Å². The number of hydrogen-bond acceptors (Lipinski definition) is 2. The molecular weight excluding hydrogens is 358 g/mol. The van der Waals surface area contributed by atoms with E-state index in [1.807, 2.05) is 0 Å². The Morgan fingerprint density at radius 1 is 1.20 bits per heavy atom. The van der Waals surface area contributed by atoms with Crippen LogP contribution >= 0.6 is 27.5 Å². The molecule has 0 amide bonds. The number of rotatable bonds is 2. The Kier molecular flexibility index (Phi) is 4.36. The highest BCUT2D eigenvalue weighted by atomic mass is 79.9. The molecule has 1 N–H and O–H groups in total. The van der Waals surface area contributed by atoms with Gasteiger partial charge in [-0.25, -0.2) is 0 Å². The third-order valence-electron chi connectivity index (χ3n) is 2.73. The van der Waals surface area contributed by atoms with Crippen LogP contribution in [-0.4, -0.2) is 10.1 Å². The van der Waals surface area contributed by atoms with E-state index in [9.17, 15) is 18.3 Å². The van der Waals surface area contributed by atoms with Crippen LogP contribution in [0.5, 0.6) is 0 Å². The van der Waals surface area contributed by atoms with E-state index >= 15 is 0 Å². The lowest BCUT2D eigenvalue weighted by Gasteiger charge is -2.18. The molecule has 0 saturated carbocycles. The van der Waals surface area contributed by atoms with Gasteiger partial charge in [-0.05, 0) is 28.1 Å². The quantitative estimate of drug-likeness (QED) is 0.843. The van der Waals surface area contributed by atoms with Gasteiger partial charge < -0.3 is 5.11 Å². The summed E-state index contributed by atoms with van der Waals surface area (Å²) in [6.07, 6.45) is -4.06. The maximum Gasteiger partial charge on any atom is 0.416 e. The summed E-state index contributed by atoms with van der Waals surface area (Å²) >= 11 is 9.16. The summed E-state index contributed by atoms with van der Waals surface area (Å²) in [4.78, 5) is 3.64. The first-order chi connectivity index (χ1) is 9.32. The van der Waals surface area contributed by atoms with Gasteiger partial charge in [-0.15, -0.1) is 0 Å². The molecule has 20 heavy (non-hydrogen) atoms. The first-order valence-corrected chi connectivity index (χ1v) is 6.62. The first-order valence-electron chi connectivity index (χ1n) is 5.45. The lowest BCUT2D eigenvalue weighted by molar-refractivity contribution is -0.139.